The van der Waals surface area contributed by atoms with E-state index in [4.69, 9.17) is 19.6 Å². The Morgan fingerprint density at radius 1 is 1.00 bits per heavy atom. The third-order valence-electron chi connectivity index (χ3n) is 5.96. The number of carbonyl (C=O) groups excluding carboxylic acids is 1. The fourth-order valence-electron chi connectivity index (χ4n) is 4.04. The number of nitrogens with zero attached hydrogens (tertiary/aromatic N) is 3. The minimum atomic E-state index is -0.250. The summed E-state index contributed by atoms with van der Waals surface area (Å²) in [6, 6.07) is 9.20. The van der Waals surface area contributed by atoms with Crippen LogP contribution >= 0.6 is 15.9 Å². The summed E-state index contributed by atoms with van der Waals surface area (Å²) in [6.45, 7) is 19.3. The van der Waals surface area contributed by atoms with Crippen LogP contribution in [0.25, 0.3) is 0 Å². The third-order valence-corrected chi connectivity index (χ3v) is 6.39. The lowest BCUT2D eigenvalue weighted by Crippen LogP contribution is -2.47. The summed E-state index contributed by atoms with van der Waals surface area (Å²) in [5, 5.41) is 6.89. The molecule has 2 heterocycles. The van der Waals surface area contributed by atoms with E-state index >= 15 is 0 Å². The molecule has 1 aliphatic carbocycles. The van der Waals surface area contributed by atoms with Crippen molar-refractivity contribution in [1.29, 1.82) is 0 Å². The molecule has 2 aromatic rings. The maximum atomic E-state index is 11.1. The number of benzene rings is 1. The van der Waals surface area contributed by atoms with Crippen molar-refractivity contribution in [2.24, 2.45) is 0 Å². The normalized spacial score (nSPS) is 16.1. The maximum absolute atomic E-state index is 11.1. The number of aromatic nitrogens is 1. The van der Waals surface area contributed by atoms with Crippen LogP contribution in [0, 0.1) is 6.92 Å². The molecule has 8 heteroatoms. The summed E-state index contributed by atoms with van der Waals surface area (Å²) in [5.74, 6) is 0. The first kappa shape index (κ1) is 35.7. The van der Waals surface area contributed by atoms with Gasteiger partial charge in [0.1, 0.15) is 0 Å². The van der Waals surface area contributed by atoms with E-state index in [0.717, 1.165) is 49.9 Å². The first-order chi connectivity index (χ1) is 18.1. The number of piperazine rings is 1. The number of amides is 1. The number of fused-ring (bicyclic) bond motifs is 2. The number of carboxylic acid groups (broad SMARTS) is 1. The van der Waals surface area contributed by atoms with E-state index in [-0.39, 0.29) is 18.1 Å². The fraction of sp³-hybridized carbons (Fsp3) is 0.567. The predicted molar refractivity (Wildman–Crippen MR) is 160 cm³/mol. The Kier molecular flexibility index (Phi) is 17.7. The first-order valence-electron chi connectivity index (χ1n) is 13.4. The second-order valence-corrected chi connectivity index (χ2v) is 10.3. The molecule has 7 nitrogen and oxygen atoms in total. The summed E-state index contributed by atoms with van der Waals surface area (Å²) < 4.78 is 5.98. The zero-order valence-electron chi connectivity index (χ0n) is 24.8. The van der Waals surface area contributed by atoms with Gasteiger partial charge in [-0.2, -0.15) is 0 Å². The number of aryl methyl sites for hydroxylation is 3. The second kappa shape index (κ2) is 18.9. The summed E-state index contributed by atoms with van der Waals surface area (Å²) in [5.41, 5.74) is 6.65. The number of halogens is 1. The van der Waals surface area contributed by atoms with E-state index in [0.29, 0.717) is 0 Å². The number of methoxy groups -OCH3 is 1. The summed E-state index contributed by atoms with van der Waals surface area (Å²) in [6.07, 6.45) is 4.94. The third kappa shape index (κ3) is 11.6. The van der Waals surface area contributed by atoms with Gasteiger partial charge in [-0.3, -0.25) is 19.5 Å². The monoisotopic (exact) mass is 593 g/mol. The molecule has 1 aromatic carbocycles. The Balaban J connectivity index is 0.000000896. The summed E-state index contributed by atoms with van der Waals surface area (Å²) in [4.78, 5) is 28.6. The van der Waals surface area contributed by atoms with Gasteiger partial charge in [0.15, 0.2) is 0 Å². The molecule has 0 spiro atoms. The van der Waals surface area contributed by atoms with Crippen LogP contribution in [0.5, 0.6) is 0 Å². The molecule has 0 saturated carbocycles. The van der Waals surface area contributed by atoms with Crippen molar-refractivity contribution in [2.45, 2.75) is 79.9 Å². The molecular weight excluding hydrogens is 546 g/mol. The molecule has 1 unspecified atom stereocenters. The van der Waals surface area contributed by atoms with Crippen molar-refractivity contribution in [3.05, 3.63) is 62.9 Å². The second-order valence-electron chi connectivity index (χ2n) is 9.40. The van der Waals surface area contributed by atoms with E-state index in [1.165, 1.54) is 27.9 Å². The van der Waals surface area contributed by atoms with Gasteiger partial charge in [-0.15, -0.1) is 0 Å². The Morgan fingerprint density at radius 3 is 2.03 bits per heavy atom. The topological polar surface area (TPSA) is 83.0 Å². The average Bonchev–Trinajstić information content (AvgIpc) is 3.07. The van der Waals surface area contributed by atoms with Crippen molar-refractivity contribution in [1.82, 2.24) is 14.8 Å². The van der Waals surface area contributed by atoms with Crippen LogP contribution in [0.1, 0.15) is 82.5 Å². The van der Waals surface area contributed by atoms with Gasteiger partial charge in [-0.25, -0.2) is 0 Å². The minimum Gasteiger partial charge on any atom is -0.483 e. The summed E-state index contributed by atoms with van der Waals surface area (Å²) in [7, 11) is 1.71. The Bertz CT molecular complexity index is 901. The quantitative estimate of drug-likeness (QED) is 0.411. The van der Waals surface area contributed by atoms with Gasteiger partial charge in [0.05, 0.1) is 17.3 Å². The molecule has 214 valence electrons. The zero-order valence-corrected chi connectivity index (χ0v) is 26.3. The highest BCUT2D eigenvalue weighted by molar-refractivity contribution is 9.10. The molecule has 2 aliphatic rings. The number of hydrogen-bond donors (Lipinski definition) is 1. The van der Waals surface area contributed by atoms with Gasteiger partial charge in [0, 0.05) is 44.0 Å². The lowest BCUT2D eigenvalue weighted by atomic mass is 9.95. The smallest absolute Gasteiger partial charge is 0.290 e. The lowest BCUT2D eigenvalue weighted by molar-refractivity contribution is -0.123. The van der Waals surface area contributed by atoms with Crippen LogP contribution < -0.4 is 0 Å². The van der Waals surface area contributed by atoms with Crippen LogP contribution in [0.3, 0.4) is 0 Å². The Morgan fingerprint density at radius 2 is 1.53 bits per heavy atom. The average molecular weight is 595 g/mol. The van der Waals surface area contributed by atoms with Crippen molar-refractivity contribution in [3.8, 4) is 0 Å². The van der Waals surface area contributed by atoms with Gasteiger partial charge in [0.2, 0.25) is 6.41 Å². The first-order valence-corrected chi connectivity index (χ1v) is 14.2. The van der Waals surface area contributed by atoms with Crippen molar-refractivity contribution < 1.29 is 19.4 Å². The fourth-order valence-corrected chi connectivity index (χ4v) is 4.42. The van der Waals surface area contributed by atoms with Crippen LogP contribution in [0.2, 0.25) is 0 Å². The van der Waals surface area contributed by atoms with Crippen LogP contribution in [-0.2, 0) is 27.2 Å². The van der Waals surface area contributed by atoms with Gasteiger partial charge in [0.25, 0.3) is 6.47 Å². The van der Waals surface area contributed by atoms with Gasteiger partial charge in [-0.05, 0) is 79.2 Å². The van der Waals surface area contributed by atoms with Crippen molar-refractivity contribution >= 4 is 28.8 Å². The van der Waals surface area contributed by atoms with Crippen LogP contribution in [-0.4, -0.2) is 71.7 Å². The molecule has 1 N–H and O–H groups in total. The number of hydrogen-bond acceptors (Lipinski definition) is 5. The standard InChI is InChI=1S/C20H22BrN3O.C5H12O.2C2H6.CH2O2/c1-14-2-5-18-15(10-14)3-4-16-11-17(21)12-22-19(16)20(18)24-8-6-23(13-25)7-9-24;1-5(2,3)6-4;2*1-2;2-1-3/h2,5,10-13,20H,3-4,6-9H2,1H3;1-4H3;2*1-2H3;1H,(H,2,3). The molecule has 1 atom stereocenters. The summed E-state index contributed by atoms with van der Waals surface area (Å²) >= 11 is 3.57. The maximum Gasteiger partial charge on any atom is 0.290 e. The molecule has 1 aromatic heterocycles. The molecule has 1 fully saturated rings. The largest absolute Gasteiger partial charge is 0.483 e. The molecule has 0 radical (unpaired) electrons. The van der Waals surface area contributed by atoms with E-state index in [1.54, 1.807) is 7.11 Å². The number of carbonyl (C=O) groups is 2. The van der Waals surface area contributed by atoms with Crippen LogP contribution in [0.4, 0.5) is 0 Å². The van der Waals surface area contributed by atoms with Crippen molar-refractivity contribution in [3.63, 3.8) is 0 Å². The molecule has 1 saturated heterocycles. The van der Waals surface area contributed by atoms with E-state index < -0.39 is 0 Å². The SMILES string of the molecule is CC.CC.COC(C)(C)C.Cc1ccc2c(c1)CCc1cc(Br)cnc1C2N1CCN(C=O)CC1.O=CO. The van der Waals surface area contributed by atoms with Crippen LogP contribution in [0.15, 0.2) is 34.9 Å². The number of rotatable bonds is 2. The number of ether oxygens (including phenoxy) is 1. The Hall–Kier alpha value is -2.29. The molecule has 1 aliphatic heterocycles. The molecule has 38 heavy (non-hydrogen) atoms. The highest BCUT2D eigenvalue weighted by atomic mass is 79.9. The molecule has 0 bridgehead atoms. The number of pyridine rings is 1. The highest BCUT2D eigenvalue weighted by Crippen LogP contribution is 2.37. The molecule has 1 amide bonds. The van der Waals surface area contributed by atoms with Gasteiger partial charge < -0.3 is 14.7 Å². The lowest BCUT2D eigenvalue weighted by Gasteiger charge is -2.38. The minimum absolute atomic E-state index is 0.0417. The van der Waals surface area contributed by atoms with E-state index in [1.807, 2.05) is 59.6 Å². The molecular formula is C30H48BrN3O4. The van der Waals surface area contributed by atoms with Gasteiger partial charge in [-0.1, -0.05) is 51.5 Å². The van der Waals surface area contributed by atoms with Crippen molar-refractivity contribution in [2.75, 3.05) is 33.3 Å². The van der Waals surface area contributed by atoms with E-state index in [2.05, 4.69) is 52.0 Å². The highest BCUT2D eigenvalue weighted by Gasteiger charge is 2.32. The zero-order chi connectivity index (χ0) is 29.3. The Labute approximate surface area is 238 Å². The predicted octanol–water partition coefficient (Wildman–Crippen LogP) is 6.30. The molecule has 4 rings (SSSR count). The van der Waals surface area contributed by atoms with Gasteiger partial charge >= 0.3 is 0 Å². The van der Waals surface area contributed by atoms with E-state index in [9.17, 15) is 4.79 Å².